The fourth-order valence-corrected chi connectivity index (χ4v) is 4.74. The van der Waals surface area contributed by atoms with E-state index in [1.807, 2.05) is 35.2 Å². The number of carbonyl (C=O) groups is 2. The van der Waals surface area contributed by atoms with Gasteiger partial charge in [0, 0.05) is 24.2 Å². The molecule has 0 radical (unpaired) electrons. The second kappa shape index (κ2) is 8.24. The number of rotatable bonds is 3. The number of fused-ring (bicyclic) bond motifs is 3. The minimum absolute atomic E-state index is 0.00123. The number of benzene rings is 3. The van der Waals surface area contributed by atoms with E-state index in [0.29, 0.717) is 53.9 Å². The van der Waals surface area contributed by atoms with Gasteiger partial charge in [-0.1, -0.05) is 35.3 Å². The number of nitrogens with two attached hydrogens (primary N) is 1. The zero-order valence-corrected chi connectivity index (χ0v) is 18.7. The van der Waals surface area contributed by atoms with Crippen LogP contribution in [0.25, 0.3) is 22.3 Å². The lowest BCUT2D eigenvalue weighted by molar-refractivity contribution is 0.0303. The van der Waals surface area contributed by atoms with Crippen LogP contribution in [0.15, 0.2) is 48.5 Å². The number of nitrogens with zero attached hydrogens (tertiary/aromatic N) is 1. The van der Waals surface area contributed by atoms with Crippen molar-refractivity contribution in [1.82, 2.24) is 4.90 Å². The van der Waals surface area contributed by atoms with Crippen molar-refractivity contribution in [3.63, 3.8) is 0 Å². The van der Waals surface area contributed by atoms with Gasteiger partial charge in [-0.25, -0.2) is 0 Å². The lowest BCUT2D eigenvalue weighted by Crippen LogP contribution is -2.40. The first kappa shape index (κ1) is 21.0. The van der Waals surface area contributed by atoms with E-state index in [4.69, 9.17) is 33.7 Å². The highest BCUT2D eigenvalue weighted by atomic mass is 35.5. The second-order valence-corrected chi connectivity index (χ2v) is 8.81. The van der Waals surface area contributed by atoms with Crippen molar-refractivity contribution in [2.24, 2.45) is 5.73 Å². The Balaban J connectivity index is 1.57. The number of carbonyl (C=O) groups excluding carboxylic acids is 2. The van der Waals surface area contributed by atoms with Gasteiger partial charge in [-0.15, -0.1) is 0 Å². The Bertz CT molecular complexity index is 1270. The fourth-order valence-electron chi connectivity index (χ4n) is 4.44. The lowest BCUT2D eigenvalue weighted by atomic mass is 9.94. The van der Waals surface area contributed by atoms with Crippen LogP contribution in [0.2, 0.25) is 10.0 Å². The smallest absolute Gasteiger partial charge is 0.254 e. The maximum atomic E-state index is 12.9. The zero-order valence-electron chi connectivity index (χ0n) is 17.2. The molecule has 3 aromatic carbocycles. The number of hydrogen-bond acceptors (Lipinski definition) is 3. The molecule has 3 aromatic rings. The average molecular weight is 467 g/mol. The molecule has 1 fully saturated rings. The standard InChI is InChI=1S/C25H20Cl2N2O3/c26-22-4-2-14(13-23(22)27)16-10-19-18-3-1-15(25(31)29-5-7-32-8-6-29)9-17(18)12-20(19)21(11-16)24(28)30/h1-4,9-11,13H,5-8,12H2,(H2,28,30). The lowest BCUT2D eigenvalue weighted by Gasteiger charge is -2.27. The van der Waals surface area contributed by atoms with Gasteiger partial charge >= 0.3 is 0 Å². The SMILES string of the molecule is NC(=O)c1cc(-c2ccc(Cl)c(Cl)c2)cc2c1Cc1cc(C(=O)N3CCOCC3)ccc1-2. The van der Waals surface area contributed by atoms with Crippen LogP contribution >= 0.6 is 23.2 Å². The van der Waals surface area contributed by atoms with E-state index in [0.717, 1.165) is 33.4 Å². The van der Waals surface area contributed by atoms with Crippen molar-refractivity contribution >= 4 is 35.0 Å². The quantitative estimate of drug-likeness (QED) is 0.471. The van der Waals surface area contributed by atoms with Gasteiger partial charge in [0.15, 0.2) is 0 Å². The molecule has 7 heteroatoms. The summed E-state index contributed by atoms with van der Waals surface area (Å²) in [5, 5.41) is 0.909. The van der Waals surface area contributed by atoms with Gasteiger partial charge < -0.3 is 15.4 Å². The van der Waals surface area contributed by atoms with E-state index in [2.05, 4.69) is 0 Å². The topological polar surface area (TPSA) is 72.6 Å². The molecular formula is C25H20Cl2N2O3. The van der Waals surface area contributed by atoms with Crippen molar-refractivity contribution < 1.29 is 14.3 Å². The number of amides is 2. The van der Waals surface area contributed by atoms with Crippen molar-refractivity contribution in [3.05, 3.63) is 80.8 Å². The zero-order chi connectivity index (χ0) is 22.4. The van der Waals surface area contributed by atoms with Gasteiger partial charge in [-0.3, -0.25) is 9.59 Å². The summed E-state index contributed by atoms with van der Waals surface area (Å²) in [6.07, 6.45) is 0.550. The molecule has 1 saturated heterocycles. The highest BCUT2D eigenvalue weighted by Crippen LogP contribution is 2.42. The minimum atomic E-state index is -0.486. The first-order valence-corrected chi connectivity index (χ1v) is 11.1. The van der Waals surface area contributed by atoms with Gasteiger partial charge in [0.1, 0.15) is 0 Å². The molecule has 5 rings (SSSR count). The summed E-state index contributed by atoms with van der Waals surface area (Å²) in [6.45, 7) is 2.30. The first-order chi connectivity index (χ1) is 15.4. The highest BCUT2D eigenvalue weighted by Gasteiger charge is 2.27. The maximum Gasteiger partial charge on any atom is 0.254 e. The molecule has 0 saturated carbocycles. The van der Waals surface area contributed by atoms with Crippen molar-refractivity contribution in [2.45, 2.75) is 6.42 Å². The molecule has 2 amide bonds. The van der Waals surface area contributed by atoms with Crippen molar-refractivity contribution in [1.29, 1.82) is 0 Å². The highest BCUT2D eigenvalue weighted by molar-refractivity contribution is 6.42. The van der Waals surface area contributed by atoms with Crippen LogP contribution in [0.3, 0.4) is 0 Å². The van der Waals surface area contributed by atoms with Crippen LogP contribution in [-0.4, -0.2) is 43.0 Å². The van der Waals surface area contributed by atoms with Crippen LogP contribution in [0.4, 0.5) is 0 Å². The van der Waals surface area contributed by atoms with Gasteiger partial charge in [0.05, 0.1) is 23.3 Å². The largest absolute Gasteiger partial charge is 0.378 e. The summed E-state index contributed by atoms with van der Waals surface area (Å²) in [5.74, 6) is -0.487. The second-order valence-electron chi connectivity index (χ2n) is 8.00. The molecular weight excluding hydrogens is 447 g/mol. The van der Waals surface area contributed by atoms with Crippen LogP contribution in [-0.2, 0) is 11.2 Å². The monoisotopic (exact) mass is 466 g/mol. The molecule has 1 aliphatic carbocycles. The van der Waals surface area contributed by atoms with Crippen LogP contribution in [0.5, 0.6) is 0 Å². The Morgan fingerprint density at radius 3 is 2.38 bits per heavy atom. The Hall–Kier alpha value is -2.86. The summed E-state index contributed by atoms with van der Waals surface area (Å²) in [6, 6.07) is 14.9. The van der Waals surface area contributed by atoms with Crippen LogP contribution < -0.4 is 5.73 Å². The number of ether oxygens (including phenoxy) is 1. The van der Waals surface area contributed by atoms with Crippen molar-refractivity contribution in [2.75, 3.05) is 26.3 Å². The molecule has 1 aliphatic heterocycles. The molecule has 2 aliphatic rings. The number of hydrogen-bond donors (Lipinski definition) is 1. The summed E-state index contributed by atoms with van der Waals surface area (Å²) in [5.41, 5.74) is 12.4. The first-order valence-electron chi connectivity index (χ1n) is 10.3. The van der Waals surface area contributed by atoms with Gasteiger partial charge in [-0.2, -0.15) is 0 Å². The van der Waals surface area contributed by atoms with E-state index in [1.165, 1.54) is 0 Å². The molecule has 32 heavy (non-hydrogen) atoms. The molecule has 5 nitrogen and oxygen atoms in total. The van der Waals surface area contributed by atoms with Crippen molar-refractivity contribution in [3.8, 4) is 22.3 Å². The fraction of sp³-hybridized carbons (Fsp3) is 0.200. The number of morpholine rings is 1. The Morgan fingerprint density at radius 2 is 1.66 bits per heavy atom. The summed E-state index contributed by atoms with van der Waals surface area (Å²) in [4.78, 5) is 27.0. The van der Waals surface area contributed by atoms with E-state index < -0.39 is 5.91 Å². The predicted molar refractivity (Wildman–Crippen MR) is 125 cm³/mol. The van der Waals surface area contributed by atoms with Gasteiger partial charge in [-0.05, 0) is 76.2 Å². The molecule has 0 unspecified atom stereocenters. The molecule has 0 aromatic heterocycles. The third-order valence-electron chi connectivity index (χ3n) is 6.08. The summed E-state index contributed by atoms with van der Waals surface area (Å²) in [7, 11) is 0. The molecule has 0 atom stereocenters. The van der Waals surface area contributed by atoms with Gasteiger partial charge in [0.2, 0.25) is 5.91 Å². The number of primary amides is 1. The van der Waals surface area contributed by atoms with Crippen LogP contribution in [0, 0.1) is 0 Å². The van der Waals surface area contributed by atoms with E-state index >= 15 is 0 Å². The average Bonchev–Trinajstić information content (AvgIpc) is 3.18. The number of halogens is 2. The van der Waals surface area contributed by atoms with Crippen LogP contribution in [0.1, 0.15) is 31.8 Å². The van der Waals surface area contributed by atoms with Gasteiger partial charge in [0.25, 0.3) is 5.91 Å². The van der Waals surface area contributed by atoms with E-state index in [9.17, 15) is 9.59 Å². The normalized spacial score (nSPS) is 14.8. The van der Waals surface area contributed by atoms with E-state index in [1.54, 1.807) is 18.2 Å². The summed E-state index contributed by atoms with van der Waals surface area (Å²) >= 11 is 12.3. The molecule has 2 N–H and O–H groups in total. The summed E-state index contributed by atoms with van der Waals surface area (Å²) < 4.78 is 5.35. The molecule has 162 valence electrons. The third-order valence-corrected chi connectivity index (χ3v) is 6.82. The predicted octanol–water partition coefficient (Wildman–Crippen LogP) is 4.80. The Morgan fingerprint density at radius 1 is 0.875 bits per heavy atom. The molecule has 0 spiro atoms. The third kappa shape index (κ3) is 3.66. The Labute approximate surface area is 195 Å². The maximum absolute atomic E-state index is 12.9. The molecule has 0 bridgehead atoms. The molecule has 1 heterocycles. The minimum Gasteiger partial charge on any atom is -0.378 e. The van der Waals surface area contributed by atoms with E-state index in [-0.39, 0.29) is 5.91 Å². The Kier molecular flexibility index (Phi) is 5.41.